The fourth-order valence-corrected chi connectivity index (χ4v) is 4.03. The lowest BCUT2D eigenvalue weighted by Gasteiger charge is -2.14. The van der Waals surface area contributed by atoms with Crippen molar-refractivity contribution in [1.82, 2.24) is 4.98 Å². The average Bonchev–Trinajstić information content (AvgIpc) is 3.34. The molecule has 0 aliphatic carbocycles. The molecule has 0 N–H and O–H groups in total. The van der Waals surface area contributed by atoms with Crippen LogP contribution in [0.4, 0.5) is 0 Å². The Kier molecular flexibility index (Phi) is 8.37. The zero-order valence-electron chi connectivity index (χ0n) is 19.3. The number of ether oxygens (including phenoxy) is 6. The van der Waals surface area contributed by atoms with E-state index < -0.39 is 0 Å². The van der Waals surface area contributed by atoms with Gasteiger partial charge in [0.1, 0.15) is 11.6 Å². The third-order valence-electron chi connectivity index (χ3n) is 4.91. The summed E-state index contributed by atoms with van der Waals surface area (Å²) in [5, 5.41) is 2.68. The Labute approximate surface area is 197 Å². The van der Waals surface area contributed by atoms with E-state index in [-0.39, 0.29) is 19.0 Å². The smallest absolute Gasteiger partial charge is 0.306 e. The Morgan fingerprint density at radius 3 is 2.12 bits per heavy atom. The Morgan fingerprint density at radius 1 is 0.848 bits per heavy atom. The van der Waals surface area contributed by atoms with Crippen molar-refractivity contribution in [3.63, 3.8) is 0 Å². The quantitative estimate of drug-likeness (QED) is 0.376. The van der Waals surface area contributed by atoms with Crippen molar-refractivity contribution in [3.8, 4) is 39.3 Å². The Bertz CT molecular complexity index is 1070. The topological polar surface area (TPSA) is 85.3 Å². The van der Waals surface area contributed by atoms with Gasteiger partial charge in [-0.05, 0) is 42.3 Å². The summed E-state index contributed by atoms with van der Waals surface area (Å²) in [6.45, 7) is 0.109. The molecule has 3 rings (SSSR count). The summed E-state index contributed by atoms with van der Waals surface area (Å²) in [7, 11) is 7.84. The van der Waals surface area contributed by atoms with Crippen LogP contribution in [0, 0.1) is 0 Å². The highest BCUT2D eigenvalue weighted by Gasteiger charge is 2.15. The van der Waals surface area contributed by atoms with Crippen LogP contribution in [-0.2, 0) is 22.6 Å². The maximum atomic E-state index is 12.3. The van der Waals surface area contributed by atoms with Gasteiger partial charge in [0.25, 0.3) is 0 Å². The standard InChI is InChI=1S/C24H27NO7S/c1-27-18-8-7-16(12-19(18)28-2)24-25-17(14-33-24)13-32-22(26)9-6-15-10-20(29-3)23(31-5)21(11-15)30-4/h7-8,10-12,14H,6,9,13H2,1-5H3. The number of rotatable bonds is 11. The molecule has 9 heteroatoms. The molecule has 0 radical (unpaired) electrons. The van der Waals surface area contributed by atoms with Gasteiger partial charge < -0.3 is 28.4 Å². The zero-order valence-corrected chi connectivity index (χ0v) is 20.1. The molecule has 0 aliphatic heterocycles. The van der Waals surface area contributed by atoms with Gasteiger partial charge in [-0.15, -0.1) is 11.3 Å². The van der Waals surface area contributed by atoms with Crippen molar-refractivity contribution in [2.75, 3.05) is 35.5 Å². The molecule has 33 heavy (non-hydrogen) atoms. The number of nitrogens with zero attached hydrogens (tertiary/aromatic N) is 1. The number of carbonyl (C=O) groups is 1. The zero-order chi connectivity index (χ0) is 23.8. The minimum atomic E-state index is -0.315. The molecule has 0 aliphatic rings. The van der Waals surface area contributed by atoms with Crippen molar-refractivity contribution < 1.29 is 33.2 Å². The molecule has 0 bridgehead atoms. The Morgan fingerprint density at radius 2 is 1.52 bits per heavy atom. The van der Waals surface area contributed by atoms with Crippen LogP contribution >= 0.6 is 11.3 Å². The van der Waals surface area contributed by atoms with Gasteiger partial charge in [-0.3, -0.25) is 4.79 Å². The number of carbonyl (C=O) groups excluding carboxylic acids is 1. The number of benzene rings is 2. The predicted octanol–water partition coefficient (Wildman–Crippen LogP) is 4.53. The van der Waals surface area contributed by atoms with Crippen LogP contribution in [0.25, 0.3) is 10.6 Å². The molecule has 2 aromatic carbocycles. The first-order chi connectivity index (χ1) is 16.0. The normalized spacial score (nSPS) is 10.5. The lowest BCUT2D eigenvalue weighted by Crippen LogP contribution is -2.06. The van der Waals surface area contributed by atoms with Crippen LogP contribution in [0.15, 0.2) is 35.7 Å². The number of hydrogen-bond donors (Lipinski definition) is 0. The monoisotopic (exact) mass is 473 g/mol. The van der Waals surface area contributed by atoms with E-state index in [0.717, 1.165) is 16.1 Å². The number of hydrogen-bond acceptors (Lipinski definition) is 9. The molecule has 0 saturated carbocycles. The first kappa shape index (κ1) is 24.2. The number of esters is 1. The first-order valence-corrected chi connectivity index (χ1v) is 11.0. The van der Waals surface area contributed by atoms with Gasteiger partial charge in [-0.2, -0.15) is 0 Å². The minimum absolute atomic E-state index is 0.109. The van der Waals surface area contributed by atoms with E-state index >= 15 is 0 Å². The number of methoxy groups -OCH3 is 5. The van der Waals surface area contributed by atoms with Gasteiger partial charge in [0.2, 0.25) is 5.75 Å². The van der Waals surface area contributed by atoms with E-state index in [2.05, 4.69) is 4.98 Å². The van der Waals surface area contributed by atoms with Crippen LogP contribution in [-0.4, -0.2) is 46.5 Å². The van der Waals surface area contributed by atoms with Crippen molar-refractivity contribution >= 4 is 17.3 Å². The summed E-state index contributed by atoms with van der Waals surface area (Å²) < 4.78 is 32.1. The van der Waals surface area contributed by atoms with Crippen LogP contribution < -0.4 is 23.7 Å². The molecule has 0 fully saturated rings. The SMILES string of the molecule is COc1ccc(-c2nc(COC(=O)CCc3cc(OC)c(OC)c(OC)c3)cs2)cc1OC. The van der Waals surface area contributed by atoms with E-state index in [1.807, 2.05) is 35.7 Å². The third-order valence-corrected chi connectivity index (χ3v) is 5.85. The van der Waals surface area contributed by atoms with Gasteiger partial charge >= 0.3 is 5.97 Å². The van der Waals surface area contributed by atoms with Gasteiger partial charge in [-0.25, -0.2) is 4.98 Å². The minimum Gasteiger partial charge on any atom is -0.493 e. The molecule has 8 nitrogen and oxygen atoms in total. The molecular formula is C24H27NO7S. The summed E-state index contributed by atoms with van der Waals surface area (Å²) >= 11 is 1.47. The highest BCUT2D eigenvalue weighted by molar-refractivity contribution is 7.13. The largest absolute Gasteiger partial charge is 0.493 e. The second kappa shape index (κ2) is 11.4. The highest BCUT2D eigenvalue weighted by atomic mass is 32.1. The molecule has 176 valence electrons. The number of aryl methyl sites for hydroxylation is 1. The highest BCUT2D eigenvalue weighted by Crippen LogP contribution is 2.38. The molecule has 0 spiro atoms. The number of thiazole rings is 1. The Balaban J connectivity index is 1.58. The average molecular weight is 474 g/mol. The third kappa shape index (κ3) is 5.87. The second-order valence-corrected chi connectivity index (χ2v) is 7.77. The predicted molar refractivity (Wildman–Crippen MR) is 125 cm³/mol. The molecule has 1 aromatic heterocycles. The lowest BCUT2D eigenvalue weighted by molar-refractivity contribution is -0.145. The van der Waals surface area contributed by atoms with Gasteiger partial charge in [0.15, 0.2) is 23.0 Å². The van der Waals surface area contributed by atoms with Crippen molar-refractivity contribution in [2.24, 2.45) is 0 Å². The van der Waals surface area contributed by atoms with E-state index in [0.29, 0.717) is 40.9 Å². The molecule has 0 amide bonds. The first-order valence-electron chi connectivity index (χ1n) is 10.1. The van der Waals surface area contributed by atoms with Gasteiger partial charge in [-0.1, -0.05) is 0 Å². The molecule has 0 saturated heterocycles. The summed E-state index contributed by atoms with van der Waals surface area (Å²) in [5.41, 5.74) is 2.47. The van der Waals surface area contributed by atoms with Crippen molar-refractivity contribution in [3.05, 3.63) is 47.0 Å². The van der Waals surface area contributed by atoms with Gasteiger partial charge in [0, 0.05) is 17.4 Å². The van der Waals surface area contributed by atoms with Crippen molar-refractivity contribution in [1.29, 1.82) is 0 Å². The maximum Gasteiger partial charge on any atom is 0.306 e. The maximum absolute atomic E-state index is 12.3. The van der Waals surface area contributed by atoms with Crippen LogP contribution in [0.1, 0.15) is 17.7 Å². The van der Waals surface area contributed by atoms with E-state index in [9.17, 15) is 4.79 Å². The van der Waals surface area contributed by atoms with Crippen LogP contribution in [0.2, 0.25) is 0 Å². The lowest BCUT2D eigenvalue weighted by atomic mass is 10.1. The fourth-order valence-electron chi connectivity index (χ4n) is 3.23. The van der Waals surface area contributed by atoms with E-state index in [1.165, 1.54) is 11.3 Å². The summed E-state index contributed by atoms with van der Waals surface area (Å²) in [6.07, 6.45) is 0.689. The summed E-state index contributed by atoms with van der Waals surface area (Å²) in [6, 6.07) is 9.26. The molecule has 0 atom stereocenters. The summed E-state index contributed by atoms with van der Waals surface area (Å²) in [5.74, 6) is 2.57. The van der Waals surface area contributed by atoms with Crippen molar-refractivity contribution in [2.45, 2.75) is 19.4 Å². The van der Waals surface area contributed by atoms with Gasteiger partial charge in [0.05, 0.1) is 41.2 Å². The molecule has 0 unspecified atom stereocenters. The van der Waals surface area contributed by atoms with Crippen LogP contribution in [0.3, 0.4) is 0 Å². The molecular weight excluding hydrogens is 446 g/mol. The number of aromatic nitrogens is 1. The fraction of sp³-hybridized carbons (Fsp3) is 0.333. The Hall–Kier alpha value is -3.46. The van der Waals surface area contributed by atoms with Crippen LogP contribution in [0.5, 0.6) is 28.7 Å². The molecule has 1 heterocycles. The van der Waals surface area contributed by atoms with E-state index in [4.69, 9.17) is 28.4 Å². The second-order valence-electron chi connectivity index (χ2n) is 6.91. The summed E-state index contributed by atoms with van der Waals surface area (Å²) in [4.78, 5) is 16.9. The van der Waals surface area contributed by atoms with E-state index in [1.54, 1.807) is 35.5 Å². The molecule has 3 aromatic rings.